The topological polar surface area (TPSA) is 43.2 Å². The summed E-state index contributed by atoms with van der Waals surface area (Å²) < 4.78 is 13.0. The number of hydrogen-bond acceptors (Lipinski definition) is 4. The van der Waals surface area contributed by atoms with Gasteiger partial charge in [-0.25, -0.2) is 9.98 Å². The quantitative estimate of drug-likeness (QED) is 0.241. The summed E-state index contributed by atoms with van der Waals surface area (Å²) >= 11 is 0. The van der Waals surface area contributed by atoms with Gasteiger partial charge >= 0.3 is 0 Å². The summed E-state index contributed by atoms with van der Waals surface area (Å²) in [6.07, 6.45) is 3.11. The van der Waals surface area contributed by atoms with Crippen LogP contribution in [-0.4, -0.2) is 37.1 Å². The van der Waals surface area contributed by atoms with Crippen LogP contribution in [0.5, 0.6) is 0 Å². The molecule has 6 rings (SSSR count). The Bertz CT molecular complexity index is 1290. The molecule has 0 saturated carbocycles. The van der Waals surface area contributed by atoms with Gasteiger partial charge in [0.1, 0.15) is 18.6 Å². The number of benzene rings is 4. The van der Waals surface area contributed by atoms with E-state index in [4.69, 9.17) is 19.5 Å². The van der Waals surface area contributed by atoms with E-state index in [0.717, 1.165) is 24.6 Å². The van der Waals surface area contributed by atoms with Crippen molar-refractivity contribution in [3.05, 3.63) is 144 Å². The molecule has 4 aromatic rings. The highest BCUT2D eigenvalue weighted by Crippen LogP contribution is 2.38. The first-order chi connectivity index (χ1) is 19.3. The third kappa shape index (κ3) is 5.96. The molecule has 2 aliphatic rings. The third-order valence-electron chi connectivity index (χ3n) is 7.57. The minimum Gasteiger partial charge on any atom is -0.478 e. The second-order valence-corrected chi connectivity index (χ2v) is 10.6. The lowest BCUT2D eigenvalue weighted by Crippen LogP contribution is -2.44. The minimum absolute atomic E-state index is 0.0652. The fraction of sp³-hybridized carbons (Fsp3) is 0.257. The Morgan fingerprint density at radius 1 is 0.487 bits per heavy atom. The van der Waals surface area contributed by atoms with Crippen molar-refractivity contribution >= 4 is 11.8 Å². The zero-order chi connectivity index (χ0) is 26.3. The van der Waals surface area contributed by atoms with Crippen LogP contribution in [0.1, 0.15) is 22.3 Å². The van der Waals surface area contributed by atoms with E-state index in [1.54, 1.807) is 0 Å². The van der Waals surface area contributed by atoms with Gasteiger partial charge in [0.2, 0.25) is 0 Å². The number of hydrogen-bond donors (Lipinski definition) is 0. The summed E-state index contributed by atoms with van der Waals surface area (Å²) in [5.74, 6) is 1.49. The molecule has 0 N–H and O–H groups in total. The average molecular weight is 515 g/mol. The summed E-state index contributed by atoms with van der Waals surface area (Å²) in [7, 11) is 0. The Labute approximate surface area is 231 Å². The van der Waals surface area contributed by atoms with Crippen LogP contribution in [0.25, 0.3) is 0 Å². The van der Waals surface area contributed by atoms with Crippen molar-refractivity contribution in [2.24, 2.45) is 15.4 Å². The molecule has 4 nitrogen and oxygen atoms in total. The standard InChI is InChI=1S/C35H34N2O2/c1-5-13-27(14-6-1)21-31-25-38-33(36-31)35(23-29-17-9-3-10-18-29,24-30-19-11-4-12-20-30)34-37-32(26-39-34)22-28-15-7-2-8-16-28/h1-20,31-32H,21-26H2/t31-,32+. The molecule has 0 aromatic heterocycles. The minimum atomic E-state index is -0.625. The molecule has 39 heavy (non-hydrogen) atoms. The summed E-state index contributed by atoms with van der Waals surface area (Å²) in [5, 5.41) is 0. The van der Waals surface area contributed by atoms with E-state index < -0.39 is 5.41 Å². The molecule has 4 heteroatoms. The molecule has 0 bridgehead atoms. The van der Waals surface area contributed by atoms with Gasteiger partial charge in [0.25, 0.3) is 0 Å². The number of aliphatic imine (C=N–C) groups is 2. The second kappa shape index (κ2) is 11.7. The van der Waals surface area contributed by atoms with E-state index in [1.165, 1.54) is 22.3 Å². The fourth-order valence-corrected chi connectivity index (χ4v) is 5.68. The van der Waals surface area contributed by atoms with Gasteiger partial charge in [-0.1, -0.05) is 121 Å². The van der Waals surface area contributed by atoms with Crippen LogP contribution < -0.4 is 0 Å². The van der Waals surface area contributed by atoms with Crippen molar-refractivity contribution in [3.8, 4) is 0 Å². The number of rotatable bonds is 10. The van der Waals surface area contributed by atoms with E-state index in [0.29, 0.717) is 26.1 Å². The molecule has 2 heterocycles. The number of nitrogens with zero attached hydrogens (tertiary/aromatic N) is 2. The van der Waals surface area contributed by atoms with Crippen molar-refractivity contribution in [1.82, 2.24) is 0 Å². The SMILES string of the molecule is c1ccc(C[C@H]2COC(C(Cc3ccccc3)(Cc3ccccc3)C3=N[C@H](Cc4ccccc4)CO3)=N2)cc1. The molecule has 2 aliphatic heterocycles. The van der Waals surface area contributed by atoms with Gasteiger partial charge in [0.05, 0.1) is 12.1 Å². The van der Waals surface area contributed by atoms with Crippen molar-refractivity contribution in [2.45, 2.75) is 37.8 Å². The number of ether oxygens (including phenoxy) is 2. The summed E-state index contributed by atoms with van der Waals surface area (Å²) in [5.41, 5.74) is 4.34. The Balaban J connectivity index is 1.39. The first-order valence-corrected chi connectivity index (χ1v) is 13.8. The van der Waals surface area contributed by atoms with Crippen LogP contribution in [-0.2, 0) is 35.2 Å². The lowest BCUT2D eigenvalue weighted by molar-refractivity contribution is 0.248. The zero-order valence-electron chi connectivity index (χ0n) is 22.2. The molecule has 0 aliphatic carbocycles. The van der Waals surface area contributed by atoms with E-state index in [2.05, 4.69) is 121 Å². The molecular weight excluding hydrogens is 480 g/mol. The molecule has 196 valence electrons. The highest BCUT2D eigenvalue weighted by Gasteiger charge is 2.49. The van der Waals surface area contributed by atoms with Gasteiger partial charge in [-0.05, 0) is 47.9 Å². The Hall–Kier alpha value is -4.18. The van der Waals surface area contributed by atoms with Gasteiger partial charge in [-0.15, -0.1) is 0 Å². The predicted octanol–water partition coefficient (Wildman–Crippen LogP) is 6.54. The van der Waals surface area contributed by atoms with Crippen LogP contribution in [0.3, 0.4) is 0 Å². The smallest absolute Gasteiger partial charge is 0.200 e. The maximum Gasteiger partial charge on any atom is 0.200 e. The van der Waals surface area contributed by atoms with Crippen molar-refractivity contribution < 1.29 is 9.47 Å². The molecule has 0 saturated heterocycles. The first kappa shape index (κ1) is 25.1. The summed E-state index contributed by atoms with van der Waals surface area (Å²) in [4.78, 5) is 10.5. The molecule has 4 aromatic carbocycles. The molecule has 0 spiro atoms. The van der Waals surface area contributed by atoms with Crippen LogP contribution in [0.15, 0.2) is 131 Å². The molecule has 0 radical (unpaired) electrons. The maximum absolute atomic E-state index is 6.50. The van der Waals surface area contributed by atoms with Crippen LogP contribution in [0.4, 0.5) is 0 Å². The van der Waals surface area contributed by atoms with Gasteiger partial charge < -0.3 is 9.47 Å². The fourth-order valence-electron chi connectivity index (χ4n) is 5.68. The van der Waals surface area contributed by atoms with Gasteiger partial charge in [0, 0.05) is 0 Å². The lowest BCUT2D eigenvalue weighted by atomic mass is 9.75. The normalized spacial score (nSPS) is 18.7. The molecule has 0 unspecified atom stereocenters. The average Bonchev–Trinajstić information content (AvgIpc) is 3.66. The van der Waals surface area contributed by atoms with E-state index in [9.17, 15) is 0 Å². The summed E-state index contributed by atoms with van der Waals surface area (Å²) in [6, 6.07) is 42.4. The van der Waals surface area contributed by atoms with Crippen LogP contribution >= 0.6 is 0 Å². The monoisotopic (exact) mass is 514 g/mol. The van der Waals surface area contributed by atoms with Crippen molar-refractivity contribution in [2.75, 3.05) is 13.2 Å². The van der Waals surface area contributed by atoms with Gasteiger partial charge in [-0.3, -0.25) is 0 Å². The van der Waals surface area contributed by atoms with Crippen molar-refractivity contribution in [1.29, 1.82) is 0 Å². The lowest BCUT2D eigenvalue weighted by Gasteiger charge is -2.32. The van der Waals surface area contributed by atoms with Crippen LogP contribution in [0, 0.1) is 5.41 Å². The molecular formula is C35H34N2O2. The summed E-state index contributed by atoms with van der Waals surface area (Å²) in [6.45, 7) is 1.13. The Morgan fingerprint density at radius 3 is 1.18 bits per heavy atom. The molecule has 0 fully saturated rings. The third-order valence-corrected chi connectivity index (χ3v) is 7.57. The Kier molecular flexibility index (Phi) is 7.53. The van der Waals surface area contributed by atoms with E-state index >= 15 is 0 Å². The first-order valence-electron chi connectivity index (χ1n) is 13.8. The molecule has 2 atom stereocenters. The Morgan fingerprint density at radius 2 is 0.821 bits per heavy atom. The van der Waals surface area contributed by atoms with Crippen molar-refractivity contribution in [3.63, 3.8) is 0 Å². The highest BCUT2D eigenvalue weighted by molar-refractivity contribution is 6.07. The van der Waals surface area contributed by atoms with Gasteiger partial charge in [0.15, 0.2) is 11.8 Å². The van der Waals surface area contributed by atoms with E-state index in [1.807, 2.05) is 0 Å². The van der Waals surface area contributed by atoms with E-state index in [-0.39, 0.29) is 12.1 Å². The van der Waals surface area contributed by atoms with Crippen LogP contribution in [0.2, 0.25) is 0 Å². The largest absolute Gasteiger partial charge is 0.478 e. The maximum atomic E-state index is 6.50. The zero-order valence-corrected chi connectivity index (χ0v) is 22.2. The van der Waals surface area contributed by atoms with Gasteiger partial charge in [-0.2, -0.15) is 0 Å². The predicted molar refractivity (Wildman–Crippen MR) is 157 cm³/mol. The second-order valence-electron chi connectivity index (χ2n) is 10.6. The molecule has 0 amide bonds. The highest BCUT2D eigenvalue weighted by atomic mass is 16.5.